The highest BCUT2D eigenvalue weighted by molar-refractivity contribution is 6.05. The Morgan fingerprint density at radius 2 is 2.06 bits per heavy atom. The Bertz CT molecular complexity index is 1220. The lowest BCUT2D eigenvalue weighted by atomic mass is 9.68. The number of nitrogens with two attached hydrogens (primary N) is 1. The molecule has 32 heavy (non-hydrogen) atoms. The summed E-state index contributed by atoms with van der Waals surface area (Å²) in [6, 6.07) is 4.01. The summed E-state index contributed by atoms with van der Waals surface area (Å²) in [5, 5.41) is 0.885. The third-order valence-corrected chi connectivity index (χ3v) is 7.27. The second-order valence-corrected chi connectivity index (χ2v) is 8.94. The Hall–Kier alpha value is -3.48. The van der Waals surface area contributed by atoms with Crippen LogP contribution in [0.25, 0.3) is 27.7 Å². The summed E-state index contributed by atoms with van der Waals surface area (Å²) in [4.78, 5) is 27.0. The molecule has 1 amide bonds. The summed E-state index contributed by atoms with van der Waals surface area (Å²) >= 11 is 0. The molecular weight excluding hydrogens is 400 g/mol. The topological polar surface area (TPSA) is 89.9 Å². The lowest BCUT2D eigenvalue weighted by Crippen LogP contribution is -2.43. The summed E-state index contributed by atoms with van der Waals surface area (Å²) in [6.45, 7) is 5.25. The van der Waals surface area contributed by atoms with E-state index in [-0.39, 0.29) is 11.3 Å². The van der Waals surface area contributed by atoms with E-state index in [0.29, 0.717) is 5.82 Å². The van der Waals surface area contributed by atoms with Crippen molar-refractivity contribution in [3.8, 4) is 11.1 Å². The van der Waals surface area contributed by atoms with E-state index in [4.69, 9.17) is 5.73 Å². The molecule has 2 N–H and O–H groups in total. The molecular formula is C25H28N6O. The molecule has 1 aliphatic carbocycles. The zero-order valence-electron chi connectivity index (χ0n) is 18.4. The molecule has 0 saturated carbocycles. The number of likely N-dealkylation sites (tertiary alicyclic amines) is 1. The standard InChI is InChI=1S/C25H28N6O/c1-3-19(32)31-13-10-25(11-14-31)8-6-17(7-9-25)22-20(18-5-4-12-27-15-18)21-23(26)28-16-29-24(21)30(22)2/h3-6,12,15-16H,1,7-11,13-14H2,2H3,(H2,26,28,29). The van der Waals surface area contributed by atoms with Gasteiger partial charge >= 0.3 is 0 Å². The van der Waals surface area contributed by atoms with E-state index in [2.05, 4.69) is 45.3 Å². The predicted molar refractivity (Wildman–Crippen MR) is 126 cm³/mol. The minimum Gasteiger partial charge on any atom is -0.383 e. The van der Waals surface area contributed by atoms with Crippen LogP contribution in [0.2, 0.25) is 0 Å². The van der Waals surface area contributed by atoms with Gasteiger partial charge in [0.05, 0.1) is 11.1 Å². The minimum atomic E-state index is 0.0437. The van der Waals surface area contributed by atoms with Gasteiger partial charge in [-0.05, 0) is 55.2 Å². The van der Waals surface area contributed by atoms with Gasteiger partial charge in [-0.2, -0.15) is 0 Å². The second-order valence-electron chi connectivity index (χ2n) is 8.94. The molecule has 1 fully saturated rings. The van der Waals surface area contributed by atoms with Gasteiger partial charge in [0.15, 0.2) is 0 Å². The molecule has 0 radical (unpaired) electrons. The molecule has 1 saturated heterocycles. The first-order valence-corrected chi connectivity index (χ1v) is 11.1. The van der Waals surface area contributed by atoms with Crippen LogP contribution in [0.4, 0.5) is 5.82 Å². The second kappa shape index (κ2) is 7.89. The van der Waals surface area contributed by atoms with Gasteiger partial charge in [-0.15, -0.1) is 0 Å². The van der Waals surface area contributed by atoms with Crippen LogP contribution in [-0.4, -0.2) is 43.4 Å². The molecule has 3 aromatic heterocycles. The number of amides is 1. The largest absolute Gasteiger partial charge is 0.383 e. The van der Waals surface area contributed by atoms with E-state index in [0.717, 1.165) is 73.0 Å². The van der Waals surface area contributed by atoms with Crippen LogP contribution in [0.1, 0.15) is 37.8 Å². The third kappa shape index (κ3) is 3.28. The van der Waals surface area contributed by atoms with Crippen molar-refractivity contribution in [2.24, 2.45) is 12.5 Å². The Balaban J connectivity index is 1.53. The molecule has 5 rings (SSSR count). The van der Waals surface area contributed by atoms with Crippen LogP contribution < -0.4 is 5.73 Å². The van der Waals surface area contributed by atoms with Crippen molar-refractivity contribution in [2.75, 3.05) is 18.8 Å². The molecule has 0 atom stereocenters. The lowest BCUT2D eigenvalue weighted by molar-refractivity contribution is -0.128. The van der Waals surface area contributed by atoms with Crippen LogP contribution in [-0.2, 0) is 11.8 Å². The zero-order valence-corrected chi connectivity index (χ0v) is 18.4. The zero-order chi connectivity index (χ0) is 22.3. The maximum absolute atomic E-state index is 12.0. The number of hydrogen-bond donors (Lipinski definition) is 1. The van der Waals surface area contributed by atoms with Crippen molar-refractivity contribution in [1.82, 2.24) is 24.4 Å². The quantitative estimate of drug-likeness (QED) is 0.638. The monoisotopic (exact) mass is 428 g/mol. The number of anilines is 1. The molecule has 1 spiro atoms. The third-order valence-electron chi connectivity index (χ3n) is 7.27. The Morgan fingerprint density at radius 1 is 1.25 bits per heavy atom. The van der Waals surface area contributed by atoms with Gasteiger partial charge in [0.25, 0.3) is 0 Å². The Morgan fingerprint density at radius 3 is 2.72 bits per heavy atom. The molecule has 0 unspecified atom stereocenters. The molecule has 0 aromatic carbocycles. The number of piperidine rings is 1. The van der Waals surface area contributed by atoms with E-state index in [1.807, 2.05) is 17.2 Å². The van der Waals surface area contributed by atoms with Crippen molar-refractivity contribution in [2.45, 2.75) is 32.1 Å². The summed E-state index contributed by atoms with van der Waals surface area (Å²) in [5.41, 5.74) is 12.0. The fourth-order valence-electron chi connectivity index (χ4n) is 5.39. The molecule has 4 heterocycles. The van der Waals surface area contributed by atoms with E-state index >= 15 is 0 Å². The van der Waals surface area contributed by atoms with Gasteiger partial charge in [0.2, 0.25) is 5.91 Å². The van der Waals surface area contributed by atoms with Crippen molar-refractivity contribution < 1.29 is 4.79 Å². The van der Waals surface area contributed by atoms with E-state index < -0.39 is 0 Å². The maximum atomic E-state index is 12.0. The fourth-order valence-corrected chi connectivity index (χ4v) is 5.39. The number of carbonyl (C=O) groups excluding carboxylic acids is 1. The highest BCUT2D eigenvalue weighted by Crippen LogP contribution is 2.48. The number of allylic oxidation sites excluding steroid dienone is 2. The molecule has 0 bridgehead atoms. The van der Waals surface area contributed by atoms with Crippen molar-refractivity contribution in [3.05, 3.63) is 55.3 Å². The fraction of sp³-hybridized carbons (Fsp3) is 0.360. The number of nitrogens with zero attached hydrogens (tertiary/aromatic N) is 5. The lowest BCUT2D eigenvalue weighted by Gasteiger charge is -2.43. The van der Waals surface area contributed by atoms with Crippen LogP contribution in [0.3, 0.4) is 0 Å². The van der Waals surface area contributed by atoms with E-state index in [9.17, 15) is 4.79 Å². The van der Waals surface area contributed by atoms with Crippen LogP contribution in [0.15, 0.2) is 49.6 Å². The Labute approximate surface area is 187 Å². The molecule has 1 aliphatic heterocycles. The Kier molecular flexibility index (Phi) is 5.04. The van der Waals surface area contributed by atoms with Gasteiger partial charge in [0, 0.05) is 43.7 Å². The van der Waals surface area contributed by atoms with Crippen molar-refractivity contribution in [3.63, 3.8) is 0 Å². The van der Waals surface area contributed by atoms with Crippen LogP contribution >= 0.6 is 0 Å². The smallest absolute Gasteiger partial charge is 0.245 e. The van der Waals surface area contributed by atoms with Gasteiger partial charge < -0.3 is 15.2 Å². The molecule has 164 valence electrons. The summed E-state index contributed by atoms with van der Waals surface area (Å²) in [6.07, 6.45) is 14.2. The van der Waals surface area contributed by atoms with Crippen molar-refractivity contribution in [1.29, 1.82) is 0 Å². The van der Waals surface area contributed by atoms with Gasteiger partial charge in [-0.25, -0.2) is 9.97 Å². The number of fused-ring (bicyclic) bond motifs is 1. The number of aryl methyl sites for hydroxylation is 1. The first kappa shape index (κ1) is 20.4. The highest BCUT2D eigenvalue weighted by Gasteiger charge is 2.37. The van der Waals surface area contributed by atoms with Crippen LogP contribution in [0.5, 0.6) is 0 Å². The van der Waals surface area contributed by atoms with Crippen LogP contribution in [0, 0.1) is 5.41 Å². The normalized spacial score (nSPS) is 18.0. The number of hydrogen-bond acceptors (Lipinski definition) is 5. The van der Waals surface area contributed by atoms with Gasteiger partial charge in [-0.1, -0.05) is 18.7 Å². The highest BCUT2D eigenvalue weighted by atomic mass is 16.2. The number of nitrogen functional groups attached to an aromatic ring is 1. The first-order valence-electron chi connectivity index (χ1n) is 11.1. The average molecular weight is 429 g/mol. The van der Waals surface area contributed by atoms with E-state index in [1.54, 1.807) is 6.20 Å². The number of rotatable bonds is 3. The molecule has 3 aromatic rings. The van der Waals surface area contributed by atoms with E-state index in [1.165, 1.54) is 18.0 Å². The maximum Gasteiger partial charge on any atom is 0.245 e. The summed E-state index contributed by atoms with van der Waals surface area (Å²) in [5.74, 6) is 0.532. The SMILES string of the molecule is C=CC(=O)N1CCC2(CC=C(c3c(-c4cccnc4)c4c(N)ncnc4n3C)CC2)CC1. The first-order chi connectivity index (χ1) is 15.5. The molecule has 7 nitrogen and oxygen atoms in total. The predicted octanol–water partition coefficient (Wildman–Crippen LogP) is 3.97. The van der Waals surface area contributed by atoms with Crippen molar-refractivity contribution >= 4 is 28.3 Å². The summed E-state index contributed by atoms with van der Waals surface area (Å²) < 4.78 is 2.14. The average Bonchev–Trinajstić information content (AvgIpc) is 3.14. The number of aromatic nitrogens is 4. The minimum absolute atomic E-state index is 0.0437. The number of carbonyl (C=O) groups is 1. The van der Waals surface area contributed by atoms with Gasteiger partial charge in [0.1, 0.15) is 17.8 Å². The summed E-state index contributed by atoms with van der Waals surface area (Å²) in [7, 11) is 2.05. The molecule has 2 aliphatic rings. The van der Waals surface area contributed by atoms with Gasteiger partial charge in [-0.3, -0.25) is 9.78 Å². The molecule has 7 heteroatoms. The number of pyridine rings is 1.